The van der Waals surface area contributed by atoms with Gasteiger partial charge in [-0.25, -0.2) is 0 Å². The SMILES string of the molecule is Cc1ccc(C(=O)c2cn[nH]c2)s1. The van der Waals surface area contributed by atoms with Gasteiger partial charge in [0.25, 0.3) is 0 Å². The number of ketones is 1. The molecule has 0 saturated carbocycles. The molecule has 0 aromatic carbocycles. The molecule has 13 heavy (non-hydrogen) atoms. The highest BCUT2D eigenvalue weighted by Crippen LogP contribution is 2.18. The van der Waals surface area contributed by atoms with Crippen LogP contribution in [0.25, 0.3) is 0 Å². The molecule has 66 valence electrons. The Hall–Kier alpha value is -1.42. The zero-order valence-corrected chi connectivity index (χ0v) is 7.89. The van der Waals surface area contributed by atoms with Crippen LogP contribution in [0.1, 0.15) is 20.1 Å². The van der Waals surface area contributed by atoms with Crippen molar-refractivity contribution in [2.45, 2.75) is 6.92 Å². The van der Waals surface area contributed by atoms with Crippen LogP contribution in [-0.4, -0.2) is 16.0 Å². The molecule has 0 fully saturated rings. The van der Waals surface area contributed by atoms with E-state index in [1.165, 1.54) is 17.5 Å². The van der Waals surface area contributed by atoms with Gasteiger partial charge in [0.1, 0.15) is 0 Å². The third kappa shape index (κ3) is 1.53. The lowest BCUT2D eigenvalue weighted by Crippen LogP contribution is -1.95. The van der Waals surface area contributed by atoms with Crippen molar-refractivity contribution in [1.29, 1.82) is 0 Å². The Labute approximate surface area is 79.4 Å². The third-order valence-corrected chi connectivity index (χ3v) is 2.72. The quantitative estimate of drug-likeness (QED) is 0.740. The van der Waals surface area contributed by atoms with E-state index in [-0.39, 0.29) is 5.78 Å². The first-order valence-electron chi connectivity index (χ1n) is 3.87. The smallest absolute Gasteiger partial charge is 0.206 e. The number of thiophene rings is 1. The van der Waals surface area contributed by atoms with Crippen LogP contribution < -0.4 is 0 Å². The highest BCUT2D eigenvalue weighted by molar-refractivity contribution is 7.14. The van der Waals surface area contributed by atoms with E-state index in [9.17, 15) is 4.79 Å². The molecule has 1 N–H and O–H groups in total. The van der Waals surface area contributed by atoms with Gasteiger partial charge in [0, 0.05) is 11.1 Å². The molecular formula is C9H8N2OS. The number of hydrogen-bond donors (Lipinski definition) is 1. The van der Waals surface area contributed by atoms with Crippen molar-refractivity contribution in [3.63, 3.8) is 0 Å². The Morgan fingerprint density at radius 3 is 2.92 bits per heavy atom. The average Bonchev–Trinajstić information content (AvgIpc) is 2.72. The van der Waals surface area contributed by atoms with Crippen molar-refractivity contribution in [3.05, 3.63) is 39.8 Å². The zero-order chi connectivity index (χ0) is 9.26. The summed E-state index contributed by atoms with van der Waals surface area (Å²) in [7, 11) is 0. The average molecular weight is 192 g/mol. The molecule has 0 aliphatic heterocycles. The molecule has 3 nitrogen and oxygen atoms in total. The summed E-state index contributed by atoms with van der Waals surface area (Å²) >= 11 is 1.50. The molecule has 4 heteroatoms. The number of nitrogens with zero attached hydrogens (tertiary/aromatic N) is 1. The normalized spacial score (nSPS) is 10.2. The van der Waals surface area contributed by atoms with Crippen LogP contribution in [0.15, 0.2) is 24.5 Å². The van der Waals surface area contributed by atoms with Gasteiger partial charge in [-0.1, -0.05) is 0 Å². The zero-order valence-electron chi connectivity index (χ0n) is 7.07. The molecule has 2 rings (SSSR count). The van der Waals surface area contributed by atoms with E-state index in [4.69, 9.17) is 0 Å². The lowest BCUT2D eigenvalue weighted by molar-refractivity contribution is 0.104. The highest BCUT2D eigenvalue weighted by Gasteiger charge is 2.11. The van der Waals surface area contributed by atoms with Crippen molar-refractivity contribution in [3.8, 4) is 0 Å². The van der Waals surface area contributed by atoms with Crippen LogP contribution in [0.4, 0.5) is 0 Å². The van der Waals surface area contributed by atoms with Gasteiger partial charge in [-0.3, -0.25) is 9.89 Å². The molecule has 0 bridgehead atoms. The minimum Gasteiger partial charge on any atom is -0.288 e. The summed E-state index contributed by atoms with van der Waals surface area (Å²) in [5, 5.41) is 6.36. The first kappa shape index (κ1) is 8.19. The molecule has 0 amide bonds. The van der Waals surface area contributed by atoms with Gasteiger partial charge in [-0.05, 0) is 19.1 Å². The van der Waals surface area contributed by atoms with Crippen LogP contribution in [0, 0.1) is 6.92 Å². The maximum atomic E-state index is 11.7. The number of nitrogens with one attached hydrogen (secondary N) is 1. The molecule has 2 aromatic rings. The lowest BCUT2D eigenvalue weighted by Gasteiger charge is -1.89. The fourth-order valence-corrected chi connectivity index (χ4v) is 1.90. The molecule has 0 unspecified atom stereocenters. The van der Waals surface area contributed by atoms with E-state index < -0.39 is 0 Å². The number of aryl methyl sites for hydroxylation is 1. The van der Waals surface area contributed by atoms with Gasteiger partial charge in [0.05, 0.1) is 16.6 Å². The van der Waals surface area contributed by atoms with Crippen molar-refractivity contribution in [2.75, 3.05) is 0 Å². The topological polar surface area (TPSA) is 45.8 Å². The molecular weight excluding hydrogens is 184 g/mol. The van der Waals surface area contributed by atoms with Gasteiger partial charge in [0.2, 0.25) is 5.78 Å². The highest BCUT2D eigenvalue weighted by atomic mass is 32.1. The maximum Gasteiger partial charge on any atom is 0.206 e. The number of H-pyrrole nitrogens is 1. The maximum absolute atomic E-state index is 11.7. The molecule has 0 atom stereocenters. The van der Waals surface area contributed by atoms with Crippen molar-refractivity contribution in [2.24, 2.45) is 0 Å². The molecule has 0 spiro atoms. The third-order valence-electron chi connectivity index (χ3n) is 1.72. The van der Waals surface area contributed by atoms with Gasteiger partial charge in [0.15, 0.2) is 0 Å². The Balaban J connectivity index is 2.33. The van der Waals surface area contributed by atoms with Crippen molar-refractivity contribution in [1.82, 2.24) is 10.2 Å². The number of carbonyl (C=O) groups is 1. The summed E-state index contributed by atoms with van der Waals surface area (Å²) in [4.78, 5) is 13.6. The number of carbonyl (C=O) groups excluding carboxylic acids is 1. The van der Waals surface area contributed by atoms with E-state index in [1.807, 2.05) is 19.1 Å². The second-order valence-electron chi connectivity index (χ2n) is 2.73. The minimum atomic E-state index is 0.0341. The number of aromatic amines is 1. The van der Waals surface area contributed by atoms with Crippen LogP contribution >= 0.6 is 11.3 Å². The van der Waals surface area contributed by atoms with Gasteiger partial charge in [-0.2, -0.15) is 5.10 Å². The lowest BCUT2D eigenvalue weighted by atomic mass is 10.2. The van der Waals surface area contributed by atoms with E-state index in [1.54, 1.807) is 6.20 Å². The summed E-state index contributed by atoms with van der Waals surface area (Å²) in [6.45, 7) is 1.98. The Bertz CT molecular complexity index is 417. The Morgan fingerprint density at radius 2 is 2.38 bits per heavy atom. The van der Waals surface area contributed by atoms with Gasteiger partial charge in [-0.15, -0.1) is 11.3 Å². The van der Waals surface area contributed by atoms with Crippen LogP contribution in [0.5, 0.6) is 0 Å². The number of hydrogen-bond acceptors (Lipinski definition) is 3. The van der Waals surface area contributed by atoms with Gasteiger partial charge >= 0.3 is 0 Å². The fraction of sp³-hybridized carbons (Fsp3) is 0.111. The van der Waals surface area contributed by atoms with Crippen LogP contribution in [-0.2, 0) is 0 Å². The fourth-order valence-electron chi connectivity index (χ4n) is 1.07. The molecule has 2 heterocycles. The van der Waals surface area contributed by atoms with E-state index in [0.29, 0.717) is 5.56 Å². The summed E-state index contributed by atoms with van der Waals surface area (Å²) in [5.41, 5.74) is 0.613. The second-order valence-corrected chi connectivity index (χ2v) is 4.01. The summed E-state index contributed by atoms with van der Waals surface area (Å²) in [6.07, 6.45) is 3.15. The Kier molecular flexibility index (Phi) is 1.98. The largest absolute Gasteiger partial charge is 0.288 e. The van der Waals surface area contributed by atoms with Crippen LogP contribution in [0.3, 0.4) is 0 Å². The van der Waals surface area contributed by atoms with E-state index in [0.717, 1.165) is 9.75 Å². The first-order chi connectivity index (χ1) is 6.27. The predicted octanol–water partition coefficient (Wildman–Crippen LogP) is 2.01. The number of aromatic nitrogens is 2. The molecule has 0 saturated heterocycles. The summed E-state index contributed by atoms with van der Waals surface area (Å²) in [6, 6.07) is 3.79. The van der Waals surface area contributed by atoms with Crippen molar-refractivity contribution < 1.29 is 4.79 Å². The minimum absolute atomic E-state index is 0.0341. The first-order valence-corrected chi connectivity index (χ1v) is 4.69. The summed E-state index contributed by atoms with van der Waals surface area (Å²) < 4.78 is 0. The van der Waals surface area contributed by atoms with E-state index >= 15 is 0 Å². The second kappa shape index (κ2) is 3.14. The monoisotopic (exact) mass is 192 g/mol. The van der Waals surface area contributed by atoms with E-state index in [2.05, 4.69) is 10.2 Å². The van der Waals surface area contributed by atoms with Gasteiger partial charge < -0.3 is 0 Å². The van der Waals surface area contributed by atoms with Crippen LogP contribution in [0.2, 0.25) is 0 Å². The summed E-state index contributed by atoms with van der Waals surface area (Å²) in [5.74, 6) is 0.0341. The predicted molar refractivity (Wildman–Crippen MR) is 51.1 cm³/mol. The standard InChI is InChI=1S/C9H8N2OS/c1-6-2-3-8(13-6)9(12)7-4-10-11-5-7/h2-5H,1H3,(H,10,11). The molecule has 2 aromatic heterocycles. The molecule has 0 aliphatic rings. The molecule has 0 aliphatic carbocycles. The Morgan fingerprint density at radius 1 is 1.54 bits per heavy atom. The molecule has 0 radical (unpaired) electrons. The number of rotatable bonds is 2. The van der Waals surface area contributed by atoms with Crippen molar-refractivity contribution >= 4 is 17.1 Å².